The first-order valence-electron chi connectivity index (χ1n) is 3.69. The Balaban J connectivity index is 2.74. The van der Waals surface area contributed by atoms with E-state index in [2.05, 4.69) is 20.9 Å². The average molecular weight is 245 g/mol. The topological polar surface area (TPSA) is 76.2 Å². The SMILES string of the molecule is N[C@H](Cc1ncccc1Br)C(=O)O. The quantitative estimate of drug-likeness (QED) is 0.825. The number of rotatable bonds is 3. The number of halogens is 1. The minimum absolute atomic E-state index is 0.233. The zero-order valence-electron chi connectivity index (χ0n) is 6.77. The molecule has 1 heterocycles. The molecule has 1 atom stereocenters. The molecule has 0 aliphatic heterocycles. The average Bonchev–Trinajstić information content (AvgIpc) is 2.08. The molecule has 3 N–H and O–H groups in total. The van der Waals surface area contributed by atoms with E-state index in [-0.39, 0.29) is 6.42 Å². The first-order chi connectivity index (χ1) is 6.11. The molecule has 0 aliphatic carbocycles. The van der Waals surface area contributed by atoms with Gasteiger partial charge in [0.05, 0.1) is 5.69 Å². The maximum atomic E-state index is 10.4. The van der Waals surface area contributed by atoms with Gasteiger partial charge in [0.1, 0.15) is 6.04 Å². The first kappa shape index (κ1) is 10.1. The Hall–Kier alpha value is -0.940. The summed E-state index contributed by atoms with van der Waals surface area (Å²) in [5.74, 6) is -1.02. The Morgan fingerprint density at radius 2 is 2.46 bits per heavy atom. The van der Waals surface area contributed by atoms with Crippen LogP contribution in [-0.4, -0.2) is 22.1 Å². The van der Waals surface area contributed by atoms with Crippen molar-refractivity contribution in [3.63, 3.8) is 0 Å². The van der Waals surface area contributed by atoms with E-state index in [0.717, 1.165) is 4.47 Å². The van der Waals surface area contributed by atoms with Crippen molar-refractivity contribution in [2.45, 2.75) is 12.5 Å². The second kappa shape index (κ2) is 4.34. The molecule has 70 valence electrons. The molecule has 1 rings (SSSR count). The molecule has 0 bridgehead atoms. The number of aromatic nitrogens is 1. The number of aliphatic carboxylic acids is 1. The molecule has 0 unspecified atom stereocenters. The largest absolute Gasteiger partial charge is 0.480 e. The molecule has 0 spiro atoms. The van der Waals surface area contributed by atoms with Crippen LogP contribution in [0.25, 0.3) is 0 Å². The molecule has 4 nitrogen and oxygen atoms in total. The summed E-state index contributed by atoms with van der Waals surface area (Å²) >= 11 is 3.26. The van der Waals surface area contributed by atoms with Crippen molar-refractivity contribution >= 4 is 21.9 Å². The van der Waals surface area contributed by atoms with Crippen LogP contribution >= 0.6 is 15.9 Å². The Labute approximate surface area is 83.9 Å². The predicted octanol–water partition coefficient (Wildman–Crippen LogP) is 0.798. The van der Waals surface area contributed by atoms with Gasteiger partial charge in [0, 0.05) is 17.1 Å². The van der Waals surface area contributed by atoms with Crippen molar-refractivity contribution in [1.29, 1.82) is 0 Å². The van der Waals surface area contributed by atoms with Crippen LogP contribution in [0.5, 0.6) is 0 Å². The van der Waals surface area contributed by atoms with Crippen molar-refractivity contribution in [3.8, 4) is 0 Å². The van der Waals surface area contributed by atoms with Gasteiger partial charge < -0.3 is 10.8 Å². The van der Waals surface area contributed by atoms with Crippen LogP contribution in [-0.2, 0) is 11.2 Å². The number of nitrogens with two attached hydrogens (primary N) is 1. The van der Waals surface area contributed by atoms with Crippen LogP contribution in [0, 0.1) is 0 Å². The monoisotopic (exact) mass is 244 g/mol. The zero-order chi connectivity index (χ0) is 9.84. The smallest absolute Gasteiger partial charge is 0.320 e. The molecule has 0 aliphatic rings. The van der Waals surface area contributed by atoms with E-state index in [1.807, 2.05) is 0 Å². The van der Waals surface area contributed by atoms with Gasteiger partial charge >= 0.3 is 5.97 Å². The number of nitrogens with zero attached hydrogens (tertiary/aromatic N) is 1. The van der Waals surface area contributed by atoms with Gasteiger partial charge in [0.2, 0.25) is 0 Å². The molecular formula is C8H9BrN2O2. The lowest BCUT2D eigenvalue weighted by atomic mass is 10.1. The molecular weight excluding hydrogens is 236 g/mol. The summed E-state index contributed by atoms with van der Waals surface area (Å²) < 4.78 is 0.784. The van der Waals surface area contributed by atoms with Crippen LogP contribution in [0.2, 0.25) is 0 Å². The molecule has 5 heteroatoms. The predicted molar refractivity (Wildman–Crippen MR) is 51.3 cm³/mol. The normalized spacial score (nSPS) is 12.5. The van der Waals surface area contributed by atoms with Crippen molar-refractivity contribution in [3.05, 3.63) is 28.5 Å². The fraction of sp³-hybridized carbons (Fsp3) is 0.250. The number of carboxylic acid groups (broad SMARTS) is 1. The Kier molecular flexibility index (Phi) is 3.39. The summed E-state index contributed by atoms with van der Waals surface area (Å²) in [6, 6.07) is 2.67. The molecule has 1 aromatic heterocycles. The van der Waals surface area contributed by atoms with E-state index in [0.29, 0.717) is 5.69 Å². The lowest BCUT2D eigenvalue weighted by Gasteiger charge is -2.06. The van der Waals surface area contributed by atoms with Crippen molar-refractivity contribution < 1.29 is 9.90 Å². The molecule has 0 radical (unpaired) electrons. The molecule has 0 aromatic carbocycles. The van der Waals surface area contributed by atoms with Gasteiger partial charge in [-0.3, -0.25) is 9.78 Å². The summed E-state index contributed by atoms with van der Waals surface area (Å²) in [6.45, 7) is 0. The third kappa shape index (κ3) is 2.78. The number of carboxylic acids is 1. The number of hydrogen-bond donors (Lipinski definition) is 2. The van der Waals surface area contributed by atoms with Gasteiger partial charge in [-0.25, -0.2) is 0 Å². The van der Waals surface area contributed by atoms with Gasteiger partial charge in [0.25, 0.3) is 0 Å². The summed E-state index contributed by atoms with van der Waals surface area (Å²) in [5.41, 5.74) is 6.02. The number of hydrogen-bond acceptors (Lipinski definition) is 3. The molecule has 0 amide bonds. The number of carbonyl (C=O) groups is 1. The summed E-state index contributed by atoms with van der Waals surface area (Å²) in [4.78, 5) is 14.5. The Morgan fingerprint density at radius 1 is 1.77 bits per heavy atom. The molecule has 13 heavy (non-hydrogen) atoms. The first-order valence-corrected chi connectivity index (χ1v) is 4.48. The van der Waals surface area contributed by atoms with Crippen molar-refractivity contribution in [2.75, 3.05) is 0 Å². The molecule has 0 fully saturated rings. The van der Waals surface area contributed by atoms with E-state index in [1.54, 1.807) is 18.3 Å². The standard InChI is InChI=1S/C8H9BrN2O2/c9-5-2-1-3-11-7(5)4-6(10)8(12)13/h1-3,6H,4,10H2,(H,12,13)/t6-/m1/s1. The van der Waals surface area contributed by atoms with Crippen molar-refractivity contribution in [2.24, 2.45) is 5.73 Å². The van der Waals surface area contributed by atoms with E-state index in [4.69, 9.17) is 10.8 Å². The second-order valence-corrected chi connectivity index (χ2v) is 3.44. The summed E-state index contributed by atoms with van der Waals surface area (Å²) in [6.07, 6.45) is 1.84. The van der Waals surface area contributed by atoms with E-state index < -0.39 is 12.0 Å². The van der Waals surface area contributed by atoms with Gasteiger partial charge in [-0.05, 0) is 28.1 Å². The molecule has 1 aromatic rings. The highest BCUT2D eigenvalue weighted by Gasteiger charge is 2.14. The van der Waals surface area contributed by atoms with Gasteiger partial charge in [-0.1, -0.05) is 0 Å². The van der Waals surface area contributed by atoms with E-state index >= 15 is 0 Å². The van der Waals surface area contributed by atoms with Gasteiger partial charge in [-0.15, -0.1) is 0 Å². The summed E-state index contributed by atoms with van der Waals surface area (Å²) in [7, 11) is 0. The Morgan fingerprint density at radius 3 is 3.00 bits per heavy atom. The third-order valence-corrected chi connectivity index (χ3v) is 2.29. The van der Waals surface area contributed by atoms with Crippen LogP contribution in [0.4, 0.5) is 0 Å². The van der Waals surface area contributed by atoms with Crippen LogP contribution < -0.4 is 5.73 Å². The minimum atomic E-state index is -1.02. The van der Waals surface area contributed by atoms with Crippen LogP contribution in [0.15, 0.2) is 22.8 Å². The fourth-order valence-corrected chi connectivity index (χ4v) is 1.28. The van der Waals surface area contributed by atoms with Crippen LogP contribution in [0.3, 0.4) is 0 Å². The fourth-order valence-electron chi connectivity index (χ4n) is 0.864. The minimum Gasteiger partial charge on any atom is -0.480 e. The highest BCUT2D eigenvalue weighted by atomic mass is 79.9. The van der Waals surface area contributed by atoms with Gasteiger partial charge in [-0.2, -0.15) is 0 Å². The van der Waals surface area contributed by atoms with Gasteiger partial charge in [0.15, 0.2) is 0 Å². The van der Waals surface area contributed by atoms with Crippen molar-refractivity contribution in [1.82, 2.24) is 4.98 Å². The highest BCUT2D eigenvalue weighted by molar-refractivity contribution is 9.10. The van der Waals surface area contributed by atoms with Crippen LogP contribution in [0.1, 0.15) is 5.69 Å². The van der Waals surface area contributed by atoms with E-state index in [9.17, 15) is 4.79 Å². The highest BCUT2D eigenvalue weighted by Crippen LogP contribution is 2.14. The lowest BCUT2D eigenvalue weighted by molar-refractivity contribution is -0.138. The maximum absolute atomic E-state index is 10.4. The second-order valence-electron chi connectivity index (χ2n) is 2.58. The Bertz CT molecular complexity index is 317. The zero-order valence-corrected chi connectivity index (χ0v) is 8.36. The molecule has 0 saturated heterocycles. The van der Waals surface area contributed by atoms with E-state index in [1.165, 1.54) is 0 Å². The number of pyridine rings is 1. The molecule has 0 saturated carbocycles. The summed E-state index contributed by atoms with van der Waals surface area (Å²) in [5, 5.41) is 8.57. The lowest BCUT2D eigenvalue weighted by Crippen LogP contribution is -2.32. The maximum Gasteiger partial charge on any atom is 0.320 e. The third-order valence-electron chi connectivity index (χ3n) is 1.57.